The van der Waals surface area contributed by atoms with Gasteiger partial charge in [-0.05, 0) is 59.5 Å². The third kappa shape index (κ3) is 6.16. The fourth-order valence-electron chi connectivity index (χ4n) is 3.65. The number of carbonyl (C=O) groups excluding carboxylic acids is 1. The van der Waals surface area contributed by atoms with Gasteiger partial charge in [-0.25, -0.2) is 0 Å². The number of aromatic amines is 1. The Labute approximate surface area is 228 Å². The van der Waals surface area contributed by atoms with Crippen molar-refractivity contribution < 1.29 is 9.53 Å². The molecule has 1 aromatic heterocycles. The summed E-state index contributed by atoms with van der Waals surface area (Å²) in [7, 11) is 0. The molecule has 0 saturated carbocycles. The second-order valence-corrected chi connectivity index (χ2v) is 9.51. The molecule has 4 rings (SSSR count). The van der Waals surface area contributed by atoms with Gasteiger partial charge in [-0.15, -0.1) is 0 Å². The summed E-state index contributed by atoms with van der Waals surface area (Å²) >= 11 is 24.7. The number of amides is 1. The van der Waals surface area contributed by atoms with Gasteiger partial charge in [0, 0.05) is 23.6 Å². The monoisotopic (exact) mass is 557 g/mol. The number of carbonyl (C=O) groups is 1. The third-order valence-electron chi connectivity index (χ3n) is 5.42. The van der Waals surface area contributed by atoms with Crippen LogP contribution in [0.4, 0.5) is 0 Å². The van der Waals surface area contributed by atoms with E-state index in [1.165, 1.54) is 6.08 Å². The molecule has 4 aromatic rings. The molecule has 0 unspecified atom stereocenters. The molecule has 182 valence electrons. The number of aromatic nitrogens is 1. The predicted octanol–water partition coefficient (Wildman–Crippen LogP) is 7.63. The minimum atomic E-state index is -0.482. The molecule has 9 heteroatoms. The lowest BCUT2D eigenvalue weighted by Crippen LogP contribution is -2.26. The standard InChI is InChI=1S/C27H19Cl4N3O2/c28-21-6-5-16(10-22(21)29)15-36-26-23(30)11-17(12-24(26)31)9-19(13-32)27(35)33-8-7-18-14-34-25-4-2-1-3-20(18)25/h1-6,9-12,14,34H,7-8,15H2,(H,33,35)/b19-9-. The lowest BCUT2D eigenvalue weighted by molar-refractivity contribution is -0.117. The van der Waals surface area contributed by atoms with E-state index in [1.807, 2.05) is 36.5 Å². The van der Waals surface area contributed by atoms with E-state index in [2.05, 4.69) is 10.3 Å². The smallest absolute Gasteiger partial charge is 0.261 e. The Kier molecular flexibility index (Phi) is 8.45. The van der Waals surface area contributed by atoms with E-state index in [0.29, 0.717) is 28.6 Å². The molecule has 0 bridgehead atoms. The first-order valence-electron chi connectivity index (χ1n) is 10.9. The second kappa shape index (κ2) is 11.7. The number of nitrogens with zero attached hydrogens (tertiary/aromatic N) is 1. The average Bonchev–Trinajstić information content (AvgIpc) is 3.27. The van der Waals surface area contributed by atoms with E-state index in [1.54, 1.807) is 30.3 Å². The quantitative estimate of drug-likeness (QED) is 0.172. The maximum Gasteiger partial charge on any atom is 0.261 e. The van der Waals surface area contributed by atoms with Crippen LogP contribution in [0.15, 0.2) is 66.4 Å². The van der Waals surface area contributed by atoms with Crippen molar-refractivity contribution >= 4 is 69.3 Å². The van der Waals surface area contributed by atoms with Crippen LogP contribution < -0.4 is 10.1 Å². The van der Waals surface area contributed by atoms with Gasteiger partial charge in [-0.3, -0.25) is 4.79 Å². The Morgan fingerprint density at radius 2 is 1.75 bits per heavy atom. The predicted molar refractivity (Wildman–Crippen MR) is 146 cm³/mol. The molecule has 0 saturated heterocycles. The van der Waals surface area contributed by atoms with Crippen LogP contribution >= 0.6 is 46.4 Å². The summed E-state index contributed by atoms with van der Waals surface area (Å²) in [4.78, 5) is 15.8. The van der Waals surface area contributed by atoms with Crippen LogP contribution in [0.25, 0.3) is 17.0 Å². The molecule has 0 aliphatic carbocycles. The fraction of sp³-hybridized carbons (Fsp3) is 0.111. The average molecular weight is 559 g/mol. The summed E-state index contributed by atoms with van der Waals surface area (Å²) in [6.45, 7) is 0.552. The minimum absolute atomic E-state index is 0.0643. The SMILES string of the molecule is N#C/C(=C/c1cc(Cl)c(OCc2ccc(Cl)c(Cl)c2)c(Cl)c1)C(=O)NCCc1c[nH]c2ccccc12. The van der Waals surface area contributed by atoms with Crippen molar-refractivity contribution in [2.45, 2.75) is 13.0 Å². The van der Waals surface area contributed by atoms with Gasteiger partial charge in [0.05, 0.1) is 20.1 Å². The molecule has 5 nitrogen and oxygen atoms in total. The molecule has 36 heavy (non-hydrogen) atoms. The normalized spacial score (nSPS) is 11.4. The lowest BCUT2D eigenvalue weighted by atomic mass is 10.1. The summed E-state index contributed by atoms with van der Waals surface area (Å²) < 4.78 is 5.77. The highest BCUT2D eigenvalue weighted by atomic mass is 35.5. The van der Waals surface area contributed by atoms with Gasteiger partial charge in [0.25, 0.3) is 5.91 Å². The van der Waals surface area contributed by atoms with E-state index in [0.717, 1.165) is 22.0 Å². The first-order valence-corrected chi connectivity index (χ1v) is 12.4. The van der Waals surface area contributed by atoms with Crippen molar-refractivity contribution in [2.75, 3.05) is 6.54 Å². The van der Waals surface area contributed by atoms with Crippen LogP contribution in [-0.4, -0.2) is 17.4 Å². The zero-order valence-electron chi connectivity index (χ0n) is 18.7. The van der Waals surface area contributed by atoms with Crippen LogP contribution in [0.3, 0.4) is 0 Å². The molecule has 0 spiro atoms. The number of benzene rings is 3. The maximum absolute atomic E-state index is 12.6. The van der Waals surface area contributed by atoms with Gasteiger partial charge < -0.3 is 15.0 Å². The van der Waals surface area contributed by atoms with Crippen molar-refractivity contribution in [3.63, 3.8) is 0 Å². The zero-order chi connectivity index (χ0) is 25.7. The highest BCUT2D eigenvalue weighted by Crippen LogP contribution is 2.36. The number of nitriles is 1. The molecule has 1 amide bonds. The molecule has 0 aliphatic heterocycles. The Bertz CT molecular complexity index is 1480. The molecular formula is C27H19Cl4N3O2. The zero-order valence-corrected chi connectivity index (χ0v) is 21.8. The summed E-state index contributed by atoms with van der Waals surface area (Å²) in [6.07, 6.45) is 3.98. The third-order valence-corrected chi connectivity index (χ3v) is 6.72. The molecule has 1 heterocycles. The highest BCUT2D eigenvalue weighted by molar-refractivity contribution is 6.42. The molecule has 3 aromatic carbocycles. The summed E-state index contributed by atoms with van der Waals surface area (Å²) in [6, 6.07) is 18.2. The number of hydrogen-bond donors (Lipinski definition) is 2. The highest BCUT2D eigenvalue weighted by Gasteiger charge is 2.13. The van der Waals surface area contributed by atoms with Gasteiger partial charge in [0.2, 0.25) is 0 Å². The van der Waals surface area contributed by atoms with Crippen LogP contribution in [0, 0.1) is 11.3 Å². The van der Waals surface area contributed by atoms with Crippen LogP contribution in [-0.2, 0) is 17.8 Å². The van der Waals surface area contributed by atoms with E-state index in [9.17, 15) is 10.1 Å². The van der Waals surface area contributed by atoms with E-state index in [4.69, 9.17) is 51.1 Å². The Morgan fingerprint density at radius 1 is 1.00 bits per heavy atom. The summed E-state index contributed by atoms with van der Waals surface area (Å²) in [5, 5.41) is 14.8. The first kappa shape index (κ1) is 25.9. The van der Waals surface area contributed by atoms with Gasteiger partial charge in [-0.2, -0.15) is 5.26 Å². The topological polar surface area (TPSA) is 77.9 Å². The molecular weight excluding hydrogens is 540 g/mol. The number of ether oxygens (including phenoxy) is 1. The number of hydrogen-bond acceptors (Lipinski definition) is 3. The lowest BCUT2D eigenvalue weighted by Gasteiger charge is -2.12. The minimum Gasteiger partial charge on any atom is -0.486 e. The summed E-state index contributed by atoms with van der Waals surface area (Å²) in [5.74, 6) is -0.201. The van der Waals surface area contributed by atoms with Gasteiger partial charge in [0.1, 0.15) is 18.2 Å². The molecule has 0 aliphatic rings. The summed E-state index contributed by atoms with van der Waals surface area (Å²) in [5.41, 5.74) is 3.34. The van der Waals surface area contributed by atoms with Crippen molar-refractivity contribution in [1.29, 1.82) is 5.26 Å². The van der Waals surface area contributed by atoms with E-state index >= 15 is 0 Å². The fourth-order valence-corrected chi connectivity index (χ4v) is 4.58. The van der Waals surface area contributed by atoms with Crippen LogP contribution in [0.1, 0.15) is 16.7 Å². The van der Waals surface area contributed by atoms with E-state index in [-0.39, 0.29) is 28.0 Å². The number of rotatable bonds is 8. The van der Waals surface area contributed by atoms with Gasteiger partial charge in [-0.1, -0.05) is 70.7 Å². The van der Waals surface area contributed by atoms with Crippen LogP contribution in [0.2, 0.25) is 20.1 Å². The Morgan fingerprint density at radius 3 is 2.47 bits per heavy atom. The molecule has 0 fully saturated rings. The number of halogens is 4. The number of H-pyrrole nitrogens is 1. The maximum atomic E-state index is 12.6. The number of fused-ring (bicyclic) bond motifs is 1. The Hall–Kier alpha value is -3.14. The van der Waals surface area contributed by atoms with Crippen molar-refractivity contribution in [3.8, 4) is 11.8 Å². The van der Waals surface area contributed by atoms with E-state index < -0.39 is 5.91 Å². The number of nitrogens with one attached hydrogen (secondary N) is 2. The van der Waals surface area contributed by atoms with Gasteiger partial charge in [0.15, 0.2) is 5.75 Å². The van der Waals surface area contributed by atoms with Crippen molar-refractivity contribution in [3.05, 3.63) is 103 Å². The number of para-hydroxylation sites is 1. The van der Waals surface area contributed by atoms with Crippen molar-refractivity contribution in [2.24, 2.45) is 0 Å². The molecule has 0 radical (unpaired) electrons. The second-order valence-electron chi connectivity index (χ2n) is 7.89. The largest absolute Gasteiger partial charge is 0.486 e. The first-order chi connectivity index (χ1) is 17.4. The molecule has 2 N–H and O–H groups in total. The van der Waals surface area contributed by atoms with Crippen molar-refractivity contribution in [1.82, 2.24) is 10.3 Å². The Balaban J connectivity index is 1.41. The van der Waals surface area contributed by atoms with Crippen LogP contribution in [0.5, 0.6) is 5.75 Å². The molecule has 0 atom stereocenters. The van der Waals surface area contributed by atoms with Gasteiger partial charge >= 0.3 is 0 Å².